The van der Waals surface area contributed by atoms with E-state index in [-0.39, 0.29) is 35.1 Å². The number of carbonyl (C=O) groups excluding carboxylic acids is 2. The monoisotopic (exact) mass is 453 g/mol. The number of ether oxygens (including phenoxy) is 1. The molecule has 7 N–H and O–H groups in total. The molecule has 3 rings (SSSR count). The molecule has 1 aromatic heterocycles. The molecule has 0 aliphatic heterocycles. The largest absolute Gasteiger partial charge is 0.481 e. The van der Waals surface area contributed by atoms with E-state index in [2.05, 4.69) is 15.3 Å². The van der Waals surface area contributed by atoms with Crippen LogP contribution in [0.1, 0.15) is 33.6 Å². The van der Waals surface area contributed by atoms with Crippen molar-refractivity contribution in [2.45, 2.75) is 18.9 Å². The van der Waals surface area contributed by atoms with E-state index < -0.39 is 36.3 Å². The maximum absolute atomic E-state index is 12.5. The summed E-state index contributed by atoms with van der Waals surface area (Å²) in [6.07, 6.45) is -0.675. The van der Waals surface area contributed by atoms with Gasteiger partial charge in [0.15, 0.2) is 0 Å². The average molecular weight is 453 g/mol. The third-order valence-corrected chi connectivity index (χ3v) is 4.56. The zero-order valence-corrected chi connectivity index (χ0v) is 17.0. The number of carbonyl (C=O) groups is 4. The van der Waals surface area contributed by atoms with Crippen LogP contribution in [0.4, 0.5) is 11.8 Å². The van der Waals surface area contributed by atoms with Crippen LogP contribution >= 0.6 is 0 Å². The summed E-state index contributed by atoms with van der Waals surface area (Å²) in [6.45, 7) is 0. The maximum Gasteiger partial charge on any atom is 0.343 e. The number of anilines is 2. The number of hydrogen-bond donors (Lipinski definition) is 5. The molecule has 0 fully saturated rings. The van der Waals surface area contributed by atoms with Crippen molar-refractivity contribution >= 4 is 46.5 Å². The standard InChI is InChI=1S/C21H19N5O7/c22-17-13-9-11(3-6-14(13)25-21(23)26-17)20(32)33-12-4-1-10(2-5-12)18(29)24-15(19(30)31)7-8-16(27)28/h1-6,9,15H,7-8H2,(H,24,29)(H,27,28)(H,30,31)(H4,22,23,25,26). The van der Waals surface area contributed by atoms with Crippen molar-refractivity contribution in [3.05, 3.63) is 53.6 Å². The normalized spacial score (nSPS) is 11.5. The number of aliphatic carboxylic acids is 2. The molecule has 0 aliphatic carbocycles. The van der Waals surface area contributed by atoms with E-state index in [0.717, 1.165) is 0 Å². The van der Waals surface area contributed by atoms with Crippen LogP contribution in [0.3, 0.4) is 0 Å². The minimum atomic E-state index is -1.36. The summed E-state index contributed by atoms with van der Waals surface area (Å²) in [4.78, 5) is 54.5. The number of nitrogens with two attached hydrogens (primary N) is 2. The first kappa shape index (κ1) is 22.9. The predicted octanol–water partition coefficient (Wildman–Crippen LogP) is 1.06. The highest BCUT2D eigenvalue weighted by Gasteiger charge is 2.21. The van der Waals surface area contributed by atoms with Crippen molar-refractivity contribution in [3.63, 3.8) is 0 Å². The summed E-state index contributed by atoms with van der Waals surface area (Å²) in [6, 6.07) is 8.55. The fourth-order valence-electron chi connectivity index (χ4n) is 2.90. The van der Waals surface area contributed by atoms with E-state index in [0.29, 0.717) is 10.9 Å². The molecule has 1 atom stereocenters. The molecule has 33 heavy (non-hydrogen) atoms. The quantitative estimate of drug-likeness (QED) is 0.240. The van der Waals surface area contributed by atoms with Crippen molar-refractivity contribution < 1.29 is 34.1 Å². The van der Waals surface area contributed by atoms with Gasteiger partial charge in [0.1, 0.15) is 17.6 Å². The number of amides is 1. The van der Waals surface area contributed by atoms with Crippen LogP contribution < -0.4 is 21.5 Å². The Kier molecular flexibility index (Phi) is 6.67. The summed E-state index contributed by atoms with van der Waals surface area (Å²) in [5, 5.41) is 20.5. The number of rotatable bonds is 8. The van der Waals surface area contributed by atoms with E-state index in [1.165, 1.54) is 36.4 Å². The van der Waals surface area contributed by atoms with Gasteiger partial charge in [0.25, 0.3) is 5.91 Å². The van der Waals surface area contributed by atoms with Gasteiger partial charge in [0.2, 0.25) is 5.95 Å². The van der Waals surface area contributed by atoms with Crippen LogP contribution in [0, 0.1) is 0 Å². The summed E-state index contributed by atoms with van der Waals surface area (Å²) in [7, 11) is 0. The Balaban J connectivity index is 1.68. The van der Waals surface area contributed by atoms with Crippen LogP contribution in [-0.4, -0.2) is 50.0 Å². The summed E-state index contributed by atoms with van der Waals surface area (Å²) in [5.74, 6) is -3.66. The minimum absolute atomic E-state index is 0.0102. The predicted molar refractivity (Wildman–Crippen MR) is 116 cm³/mol. The molecule has 0 spiro atoms. The summed E-state index contributed by atoms with van der Waals surface area (Å²) in [5.41, 5.74) is 12.1. The molecule has 0 aliphatic rings. The van der Waals surface area contributed by atoms with Gasteiger partial charge >= 0.3 is 17.9 Å². The van der Waals surface area contributed by atoms with Crippen molar-refractivity contribution in [2.24, 2.45) is 0 Å². The molecule has 0 saturated carbocycles. The first-order chi connectivity index (χ1) is 15.6. The van der Waals surface area contributed by atoms with Crippen molar-refractivity contribution in [1.29, 1.82) is 0 Å². The van der Waals surface area contributed by atoms with E-state index in [1.54, 1.807) is 6.07 Å². The summed E-state index contributed by atoms with van der Waals surface area (Å²) >= 11 is 0. The molecule has 170 valence electrons. The second-order valence-corrected chi connectivity index (χ2v) is 6.91. The van der Waals surface area contributed by atoms with Crippen LogP contribution in [0.5, 0.6) is 5.75 Å². The molecule has 12 heteroatoms. The van der Waals surface area contributed by atoms with Crippen LogP contribution in [0.25, 0.3) is 10.9 Å². The van der Waals surface area contributed by atoms with Gasteiger partial charge < -0.3 is 31.7 Å². The Hall–Kier alpha value is -4.74. The van der Waals surface area contributed by atoms with Crippen LogP contribution in [-0.2, 0) is 9.59 Å². The van der Waals surface area contributed by atoms with Crippen LogP contribution in [0.15, 0.2) is 42.5 Å². The molecule has 1 unspecified atom stereocenters. The zero-order chi connectivity index (χ0) is 24.1. The molecule has 0 saturated heterocycles. The lowest BCUT2D eigenvalue weighted by Gasteiger charge is -2.13. The van der Waals surface area contributed by atoms with Gasteiger partial charge in [-0.15, -0.1) is 0 Å². The second kappa shape index (κ2) is 9.60. The highest BCUT2D eigenvalue weighted by atomic mass is 16.5. The average Bonchev–Trinajstić information content (AvgIpc) is 2.76. The van der Waals surface area contributed by atoms with Gasteiger partial charge in [0.05, 0.1) is 11.1 Å². The fourth-order valence-corrected chi connectivity index (χ4v) is 2.90. The molecule has 0 bridgehead atoms. The smallest absolute Gasteiger partial charge is 0.343 e. The fraction of sp³-hybridized carbons (Fsp3) is 0.143. The number of nitrogen functional groups attached to an aromatic ring is 2. The Labute approximate surface area is 186 Å². The Bertz CT molecular complexity index is 1240. The van der Waals surface area contributed by atoms with E-state index in [1.807, 2.05) is 0 Å². The lowest BCUT2D eigenvalue weighted by molar-refractivity contribution is -0.140. The number of carboxylic acids is 2. The maximum atomic E-state index is 12.5. The van der Waals surface area contributed by atoms with Gasteiger partial charge in [0, 0.05) is 17.4 Å². The highest BCUT2D eigenvalue weighted by Crippen LogP contribution is 2.22. The number of nitrogens with zero attached hydrogens (tertiary/aromatic N) is 2. The van der Waals surface area contributed by atoms with E-state index in [4.69, 9.17) is 26.4 Å². The third kappa shape index (κ3) is 5.70. The Morgan fingerprint density at radius 2 is 1.64 bits per heavy atom. The van der Waals surface area contributed by atoms with E-state index >= 15 is 0 Å². The third-order valence-electron chi connectivity index (χ3n) is 4.56. The van der Waals surface area contributed by atoms with Crippen molar-refractivity contribution in [3.8, 4) is 5.75 Å². The number of nitrogens with one attached hydrogen (secondary N) is 1. The Morgan fingerprint density at radius 3 is 2.27 bits per heavy atom. The SMILES string of the molecule is Nc1nc(N)c2cc(C(=O)Oc3ccc(C(=O)NC(CCC(=O)O)C(=O)O)cc3)ccc2n1. The van der Waals surface area contributed by atoms with Crippen molar-refractivity contribution in [1.82, 2.24) is 15.3 Å². The number of aromatic nitrogens is 2. The minimum Gasteiger partial charge on any atom is -0.481 e. The van der Waals surface area contributed by atoms with E-state index in [9.17, 15) is 19.2 Å². The molecule has 2 aromatic carbocycles. The summed E-state index contributed by atoms with van der Waals surface area (Å²) < 4.78 is 5.30. The second-order valence-electron chi connectivity index (χ2n) is 6.91. The first-order valence-corrected chi connectivity index (χ1v) is 9.54. The molecule has 1 heterocycles. The molecular weight excluding hydrogens is 434 g/mol. The van der Waals surface area contributed by atoms with Gasteiger partial charge in [-0.3, -0.25) is 9.59 Å². The first-order valence-electron chi connectivity index (χ1n) is 9.54. The van der Waals surface area contributed by atoms with Gasteiger partial charge in [-0.2, -0.15) is 4.98 Å². The van der Waals surface area contributed by atoms with Crippen molar-refractivity contribution in [2.75, 3.05) is 11.5 Å². The zero-order valence-electron chi connectivity index (χ0n) is 17.0. The van der Waals surface area contributed by atoms with Gasteiger partial charge in [-0.05, 0) is 48.9 Å². The molecule has 12 nitrogen and oxygen atoms in total. The number of fused-ring (bicyclic) bond motifs is 1. The van der Waals surface area contributed by atoms with Gasteiger partial charge in [-0.1, -0.05) is 0 Å². The van der Waals surface area contributed by atoms with Gasteiger partial charge in [-0.25, -0.2) is 14.6 Å². The molecular formula is C21H19N5O7. The molecule has 1 amide bonds. The van der Waals surface area contributed by atoms with Crippen LogP contribution in [0.2, 0.25) is 0 Å². The lowest BCUT2D eigenvalue weighted by atomic mass is 10.1. The Morgan fingerprint density at radius 1 is 0.970 bits per heavy atom. The topological polar surface area (TPSA) is 208 Å². The molecule has 0 radical (unpaired) electrons. The molecule has 3 aromatic rings. The number of hydrogen-bond acceptors (Lipinski definition) is 9. The highest BCUT2D eigenvalue weighted by molar-refractivity contribution is 5.99. The number of benzene rings is 2. The number of esters is 1. The lowest BCUT2D eigenvalue weighted by Crippen LogP contribution is -2.41. The number of carboxylic acid groups (broad SMARTS) is 2.